The fourth-order valence-electron chi connectivity index (χ4n) is 2.57. The summed E-state index contributed by atoms with van der Waals surface area (Å²) >= 11 is 0. The Labute approximate surface area is 120 Å². The topological polar surface area (TPSA) is 69.9 Å². The molecule has 0 aliphatic carbocycles. The molecule has 2 aliphatic heterocycles. The molecule has 2 saturated heterocycles. The lowest BCUT2D eigenvalue weighted by Gasteiger charge is -2.35. The Kier molecular flexibility index (Phi) is 6.03. The van der Waals surface area contributed by atoms with Gasteiger partial charge in [-0.1, -0.05) is 0 Å². The smallest absolute Gasteiger partial charge is 0.236 e. The van der Waals surface area contributed by atoms with Gasteiger partial charge in [0.25, 0.3) is 0 Å². The summed E-state index contributed by atoms with van der Waals surface area (Å²) in [5.41, 5.74) is 5.82. The van der Waals surface area contributed by atoms with Crippen molar-refractivity contribution in [1.29, 1.82) is 0 Å². The third-order valence-electron chi connectivity index (χ3n) is 3.75. The van der Waals surface area contributed by atoms with Crippen molar-refractivity contribution >= 4 is 24.2 Å². The lowest BCUT2D eigenvalue weighted by atomic mass is 10.3. The lowest BCUT2D eigenvalue weighted by Crippen LogP contribution is -2.52. The van der Waals surface area contributed by atoms with Crippen molar-refractivity contribution in [2.24, 2.45) is 5.73 Å². The molecule has 0 aromatic heterocycles. The van der Waals surface area contributed by atoms with Crippen molar-refractivity contribution in [1.82, 2.24) is 14.7 Å². The Hall–Kier alpha value is -0.850. The number of nitrogens with zero attached hydrogens (tertiary/aromatic N) is 3. The minimum Gasteiger partial charge on any atom is -0.339 e. The van der Waals surface area contributed by atoms with E-state index >= 15 is 0 Å². The van der Waals surface area contributed by atoms with Crippen LogP contribution in [0.5, 0.6) is 0 Å². The molecule has 110 valence electrons. The highest BCUT2D eigenvalue weighted by molar-refractivity contribution is 5.85. The fourth-order valence-corrected chi connectivity index (χ4v) is 2.57. The normalized spacial score (nSPS) is 24.2. The maximum absolute atomic E-state index is 12.1. The van der Waals surface area contributed by atoms with Gasteiger partial charge < -0.3 is 15.5 Å². The molecule has 2 fully saturated rings. The quantitative estimate of drug-likeness (QED) is 0.718. The fraction of sp³-hybridized carbons (Fsp3) is 0.833. The first-order chi connectivity index (χ1) is 8.56. The molecule has 0 bridgehead atoms. The first-order valence-corrected chi connectivity index (χ1v) is 6.57. The van der Waals surface area contributed by atoms with E-state index in [-0.39, 0.29) is 30.3 Å². The van der Waals surface area contributed by atoms with E-state index in [1.54, 1.807) is 11.8 Å². The van der Waals surface area contributed by atoms with Crippen LogP contribution in [0, 0.1) is 0 Å². The van der Waals surface area contributed by atoms with Gasteiger partial charge in [0.1, 0.15) is 0 Å². The van der Waals surface area contributed by atoms with Crippen LogP contribution in [0.15, 0.2) is 0 Å². The summed E-state index contributed by atoms with van der Waals surface area (Å²) in [4.78, 5) is 29.0. The van der Waals surface area contributed by atoms with Crippen LogP contribution in [-0.4, -0.2) is 78.4 Å². The molecule has 0 spiro atoms. The number of amides is 2. The van der Waals surface area contributed by atoms with Gasteiger partial charge in [-0.15, -0.1) is 12.4 Å². The molecule has 0 radical (unpaired) electrons. The second kappa shape index (κ2) is 7.07. The minimum atomic E-state index is 0. The van der Waals surface area contributed by atoms with Crippen LogP contribution >= 0.6 is 12.4 Å². The van der Waals surface area contributed by atoms with E-state index in [2.05, 4.69) is 4.90 Å². The Morgan fingerprint density at radius 3 is 2.16 bits per heavy atom. The summed E-state index contributed by atoms with van der Waals surface area (Å²) in [6.45, 7) is 6.38. The summed E-state index contributed by atoms with van der Waals surface area (Å²) in [5, 5.41) is 0. The zero-order valence-corrected chi connectivity index (χ0v) is 12.2. The molecule has 2 amide bonds. The summed E-state index contributed by atoms with van der Waals surface area (Å²) < 4.78 is 0. The molecular weight excluding hydrogens is 268 g/mol. The van der Waals surface area contributed by atoms with Crippen molar-refractivity contribution in [3.05, 3.63) is 0 Å². The second-order valence-corrected chi connectivity index (χ2v) is 5.17. The maximum Gasteiger partial charge on any atom is 0.236 e. The molecule has 0 unspecified atom stereocenters. The number of likely N-dealkylation sites (tertiary alicyclic amines) is 1. The molecule has 19 heavy (non-hydrogen) atoms. The average Bonchev–Trinajstić information content (AvgIpc) is 2.75. The summed E-state index contributed by atoms with van der Waals surface area (Å²) in [6.07, 6.45) is 0.978. The van der Waals surface area contributed by atoms with Crippen LogP contribution in [0.4, 0.5) is 0 Å². The van der Waals surface area contributed by atoms with Gasteiger partial charge >= 0.3 is 0 Å². The minimum absolute atomic E-state index is 0. The zero-order valence-electron chi connectivity index (χ0n) is 11.4. The van der Waals surface area contributed by atoms with E-state index in [0.29, 0.717) is 32.7 Å². The number of rotatable bonds is 2. The van der Waals surface area contributed by atoms with Crippen LogP contribution in [-0.2, 0) is 9.59 Å². The predicted octanol–water partition coefficient (Wildman–Crippen LogP) is -0.868. The number of nitrogens with two attached hydrogens (primary N) is 1. The summed E-state index contributed by atoms with van der Waals surface area (Å²) in [6, 6.07) is 0.215. The number of hydrogen-bond acceptors (Lipinski definition) is 4. The Bertz CT molecular complexity index is 332. The Morgan fingerprint density at radius 2 is 1.68 bits per heavy atom. The monoisotopic (exact) mass is 290 g/mol. The predicted molar refractivity (Wildman–Crippen MR) is 75.1 cm³/mol. The summed E-state index contributed by atoms with van der Waals surface area (Å²) in [7, 11) is 0. The molecule has 0 saturated carbocycles. The van der Waals surface area contributed by atoms with Gasteiger partial charge in [0, 0.05) is 52.2 Å². The first-order valence-electron chi connectivity index (χ1n) is 6.57. The van der Waals surface area contributed by atoms with E-state index in [1.165, 1.54) is 0 Å². The third-order valence-corrected chi connectivity index (χ3v) is 3.75. The van der Waals surface area contributed by atoms with Crippen LogP contribution in [0.3, 0.4) is 0 Å². The van der Waals surface area contributed by atoms with Gasteiger partial charge in [0.2, 0.25) is 11.8 Å². The van der Waals surface area contributed by atoms with Crippen molar-refractivity contribution in [2.45, 2.75) is 19.4 Å². The molecule has 1 atom stereocenters. The highest BCUT2D eigenvalue weighted by Crippen LogP contribution is 2.08. The largest absolute Gasteiger partial charge is 0.339 e. The van der Waals surface area contributed by atoms with Crippen molar-refractivity contribution < 1.29 is 9.59 Å². The number of carbonyl (C=O) groups is 2. The molecule has 7 heteroatoms. The van der Waals surface area contributed by atoms with Gasteiger partial charge in [-0.05, 0) is 6.42 Å². The van der Waals surface area contributed by atoms with Gasteiger partial charge in [-0.3, -0.25) is 14.5 Å². The number of hydrogen-bond donors (Lipinski definition) is 1. The second-order valence-electron chi connectivity index (χ2n) is 5.17. The van der Waals surface area contributed by atoms with Crippen molar-refractivity contribution in [3.63, 3.8) is 0 Å². The van der Waals surface area contributed by atoms with Gasteiger partial charge in [0.05, 0.1) is 6.54 Å². The van der Waals surface area contributed by atoms with Crippen LogP contribution < -0.4 is 5.73 Å². The van der Waals surface area contributed by atoms with E-state index in [4.69, 9.17) is 5.73 Å². The van der Waals surface area contributed by atoms with E-state index in [0.717, 1.165) is 19.5 Å². The zero-order chi connectivity index (χ0) is 13.1. The highest BCUT2D eigenvalue weighted by Gasteiger charge is 2.26. The summed E-state index contributed by atoms with van der Waals surface area (Å²) in [5.74, 6) is 0.250. The van der Waals surface area contributed by atoms with Gasteiger partial charge in [-0.25, -0.2) is 0 Å². The number of halogens is 1. The van der Waals surface area contributed by atoms with E-state index in [9.17, 15) is 9.59 Å². The maximum atomic E-state index is 12.1. The number of carbonyl (C=O) groups excluding carboxylic acids is 2. The van der Waals surface area contributed by atoms with Crippen LogP contribution in [0.1, 0.15) is 13.3 Å². The Balaban J connectivity index is 0.00000180. The SMILES string of the molecule is CC(=O)N1CCN(C(=O)CN2CC[C@H](N)C2)CC1.Cl. The van der Waals surface area contributed by atoms with Crippen molar-refractivity contribution in [3.8, 4) is 0 Å². The van der Waals surface area contributed by atoms with E-state index < -0.39 is 0 Å². The van der Waals surface area contributed by atoms with E-state index in [1.807, 2.05) is 4.90 Å². The third kappa shape index (κ3) is 4.33. The molecule has 2 N–H and O–H groups in total. The standard InChI is InChI=1S/C12H22N4O2.ClH/c1-10(17)15-4-6-16(7-5-15)12(18)9-14-3-2-11(13)8-14;/h11H,2-9,13H2,1H3;1H/t11-;/m0./s1. The Morgan fingerprint density at radius 1 is 1.11 bits per heavy atom. The number of piperazine rings is 1. The molecule has 0 aromatic carbocycles. The molecule has 0 aromatic rings. The van der Waals surface area contributed by atoms with Crippen LogP contribution in [0.2, 0.25) is 0 Å². The average molecular weight is 291 g/mol. The van der Waals surface area contributed by atoms with Gasteiger partial charge in [-0.2, -0.15) is 0 Å². The molecule has 6 nitrogen and oxygen atoms in total. The van der Waals surface area contributed by atoms with Crippen molar-refractivity contribution in [2.75, 3.05) is 45.8 Å². The first kappa shape index (κ1) is 16.2. The van der Waals surface area contributed by atoms with Crippen LogP contribution in [0.25, 0.3) is 0 Å². The molecule has 2 heterocycles. The molecular formula is C12H23ClN4O2. The van der Waals surface area contributed by atoms with Gasteiger partial charge in [0.15, 0.2) is 0 Å². The molecule has 2 rings (SSSR count). The highest BCUT2D eigenvalue weighted by atomic mass is 35.5. The molecule has 2 aliphatic rings. The lowest BCUT2D eigenvalue weighted by molar-refractivity contribution is -0.139.